The Hall–Kier alpha value is -2.77. The van der Waals surface area contributed by atoms with E-state index in [1.54, 1.807) is 25.4 Å². The molecule has 2 amide bonds. The van der Waals surface area contributed by atoms with Gasteiger partial charge in [-0.1, -0.05) is 6.07 Å². The van der Waals surface area contributed by atoms with Crippen molar-refractivity contribution in [2.75, 3.05) is 18.4 Å². The molecular formula is C15H17F2N5O. The van der Waals surface area contributed by atoms with Gasteiger partial charge in [0, 0.05) is 37.1 Å². The molecule has 0 radical (unpaired) electrons. The third-order valence-electron chi connectivity index (χ3n) is 3.04. The highest BCUT2D eigenvalue weighted by atomic mass is 19.1. The highest BCUT2D eigenvalue weighted by Crippen LogP contribution is 2.17. The van der Waals surface area contributed by atoms with Gasteiger partial charge in [-0.05, 0) is 19.1 Å². The molecule has 2 rings (SSSR count). The summed E-state index contributed by atoms with van der Waals surface area (Å²) in [6.07, 6.45) is 3.21. The maximum Gasteiger partial charge on any atom is 0.315 e. The van der Waals surface area contributed by atoms with Gasteiger partial charge >= 0.3 is 6.03 Å². The largest absolute Gasteiger partial charge is 0.352 e. The molecule has 0 saturated carbocycles. The van der Waals surface area contributed by atoms with E-state index in [1.807, 2.05) is 0 Å². The van der Waals surface area contributed by atoms with Crippen molar-refractivity contribution in [2.45, 2.75) is 13.0 Å². The second-order valence-electron chi connectivity index (χ2n) is 4.79. The number of rotatable bonds is 6. The normalized spacial score (nSPS) is 11.6. The van der Waals surface area contributed by atoms with Gasteiger partial charge in [0.1, 0.15) is 11.6 Å². The lowest BCUT2D eigenvalue weighted by Crippen LogP contribution is -2.39. The molecule has 6 nitrogen and oxygen atoms in total. The first-order chi connectivity index (χ1) is 11.1. The van der Waals surface area contributed by atoms with E-state index in [-0.39, 0.29) is 5.56 Å². The Labute approximate surface area is 132 Å². The highest BCUT2D eigenvalue weighted by molar-refractivity contribution is 5.74. The van der Waals surface area contributed by atoms with Crippen molar-refractivity contribution >= 4 is 12.0 Å². The van der Waals surface area contributed by atoms with E-state index in [9.17, 15) is 13.6 Å². The summed E-state index contributed by atoms with van der Waals surface area (Å²) in [6, 6.07) is 3.92. The summed E-state index contributed by atoms with van der Waals surface area (Å²) in [5.74, 6) is -0.880. The third-order valence-corrected chi connectivity index (χ3v) is 3.04. The van der Waals surface area contributed by atoms with Crippen LogP contribution in [0.4, 0.5) is 19.5 Å². The summed E-state index contributed by atoms with van der Waals surface area (Å²) in [6.45, 7) is 2.39. The van der Waals surface area contributed by atoms with Crippen molar-refractivity contribution in [1.29, 1.82) is 0 Å². The average Bonchev–Trinajstić information content (AvgIpc) is 2.52. The highest BCUT2D eigenvalue weighted by Gasteiger charge is 2.13. The molecule has 0 aliphatic heterocycles. The van der Waals surface area contributed by atoms with Crippen LogP contribution in [0.15, 0.2) is 36.7 Å². The number of halogens is 2. The van der Waals surface area contributed by atoms with E-state index < -0.39 is 23.7 Å². The molecule has 0 spiro atoms. The van der Waals surface area contributed by atoms with Crippen LogP contribution < -0.4 is 16.0 Å². The smallest absolute Gasteiger partial charge is 0.315 e. The number of amides is 2. The predicted molar refractivity (Wildman–Crippen MR) is 81.8 cm³/mol. The number of nitrogens with zero attached hydrogens (tertiary/aromatic N) is 2. The molecule has 1 aromatic heterocycles. The molecule has 8 heteroatoms. The van der Waals surface area contributed by atoms with Crippen molar-refractivity contribution in [3.63, 3.8) is 0 Å². The van der Waals surface area contributed by atoms with Crippen LogP contribution in [0.1, 0.15) is 18.5 Å². The summed E-state index contributed by atoms with van der Waals surface area (Å²) in [5.41, 5.74) is 0.220. The molecule has 3 N–H and O–H groups in total. The summed E-state index contributed by atoms with van der Waals surface area (Å²) < 4.78 is 26.5. The zero-order chi connectivity index (χ0) is 16.7. The van der Waals surface area contributed by atoms with Gasteiger partial charge in [-0.2, -0.15) is 0 Å². The van der Waals surface area contributed by atoms with Crippen LogP contribution in [0.3, 0.4) is 0 Å². The quantitative estimate of drug-likeness (QED) is 0.713. The number of anilines is 1. The molecule has 0 saturated heterocycles. The number of benzene rings is 1. The molecule has 1 aromatic carbocycles. The van der Waals surface area contributed by atoms with Crippen molar-refractivity contribution < 1.29 is 13.6 Å². The fraction of sp³-hybridized carbons (Fsp3) is 0.267. The van der Waals surface area contributed by atoms with Crippen molar-refractivity contribution in [3.05, 3.63) is 53.9 Å². The lowest BCUT2D eigenvalue weighted by molar-refractivity contribution is 0.238. The van der Waals surface area contributed by atoms with Gasteiger partial charge in [-0.25, -0.2) is 23.5 Å². The molecule has 0 unspecified atom stereocenters. The number of hydrogen-bond acceptors (Lipinski definition) is 4. The van der Waals surface area contributed by atoms with Gasteiger partial charge in [0.25, 0.3) is 0 Å². The van der Waals surface area contributed by atoms with Crippen LogP contribution in [0, 0.1) is 11.6 Å². The number of hydrogen-bond donors (Lipinski definition) is 3. The fourth-order valence-electron chi connectivity index (χ4n) is 1.92. The van der Waals surface area contributed by atoms with E-state index >= 15 is 0 Å². The maximum atomic E-state index is 13.6. The number of nitrogens with one attached hydrogen (secondary N) is 3. The van der Waals surface area contributed by atoms with Crippen LogP contribution in [0.25, 0.3) is 0 Å². The SMILES string of the molecule is C[C@H](NC(=O)NCCNc1ncccn1)c1ccc(F)cc1F. The topological polar surface area (TPSA) is 78.9 Å². The van der Waals surface area contributed by atoms with Crippen LogP contribution in [-0.2, 0) is 0 Å². The number of carbonyl (C=O) groups is 1. The summed E-state index contributed by atoms with van der Waals surface area (Å²) >= 11 is 0. The molecule has 0 fully saturated rings. The Bertz CT molecular complexity index is 654. The van der Waals surface area contributed by atoms with Crippen molar-refractivity contribution in [2.24, 2.45) is 0 Å². The standard InChI is InChI=1S/C15H17F2N5O/c1-10(12-4-3-11(16)9-13(12)17)22-15(23)21-8-7-20-14-18-5-2-6-19-14/h2-6,9-10H,7-8H2,1H3,(H,18,19,20)(H2,21,22,23)/t10-/m0/s1. The van der Waals surface area contributed by atoms with E-state index in [0.29, 0.717) is 19.0 Å². The molecule has 1 atom stereocenters. The summed E-state index contributed by atoms with van der Waals surface area (Å²) in [4.78, 5) is 19.7. The van der Waals surface area contributed by atoms with Crippen LogP contribution in [0.2, 0.25) is 0 Å². The molecule has 1 heterocycles. The van der Waals surface area contributed by atoms with Crippen molar-refractivity contribution in [1.82, 2.24) is 20.6 Å². The number of carbonyl (C=O) groups excluding carboxylic acids is 1. The lowest BCUT2D eigenvalue weighted by Gasteiger charge is -2.16. The molecule has 0 aliphatic rings. The molecule has 23 heavy (non-hydrogen) atoms. The Morgan fingerprint density at radius 1 is 1.22 bits per heavy atom. The van der Waals surface area contributed by atoms with E-state index in [2.05, 4.69) is 25.9 Å². The van der Waals surface area contributed by atoms with Gasteiger partial charge in [-0.15, -0.1) is 0 Å². The van der Waals surface area contributed by atoms with Gasteiger partial charge in [0.15, 0.2) is 0 Å². The van der Waals surface area contributed by atoms with E-state index in [1.165, 1.54) is 6.07 Å². The number of aromatic nitrogens is 2. The zero-order valence-electron chi connectivity index (χ0n) is 12.5. The third kappa shape index (κ3) is 5.17. The maximum absolute atomic E-state index is 13.6. The number of urea groups is 1. The Balaban J connectivity index is 1.74. The first kappa shape index (κ1) is 16.6. The summed E-state index contributed by atoms with van der Waals surface area (Å²) in [7, 11) is 0. The Morgan fingerprint density at radius 2 is 1.96 bits per heavy atom. The second-order valence-corrected chi connectivity index (χ2v) is 4.79. The van der Waals surface area contributed by atoms with Crippen LogP contribution in [0.5, 0.6) is 0 Å². The van der Waals surface area contributed by atoms with Crippen molar-refractivity contribution in [3.8, 4) is 0 Å². The van der Waals surface area contributed by atoms with Gasteiger partial charge in [-0.3, -0.25) is 0 Å². The predicted octanol–water partition coefficient (Wildman–Crippen LogP) is 2.23. The molecule has 0 bridgehead atoms. The fourth-order valence-corrected chi connectivity index (χ4v) is 1.92. The first-order valence-electron chi connectivity index (χ1n) is 7.06. The van der Waals surface area contributed by atoms with Gasteiger partial charge in [0.2, 0.25) is 5.95 Å². The molecule has 0 aliphatic carbocycles. The van der Waals surface area contributed by atoms with Crippen LogP contribution >= 0.6 is 0 Å². The molecule has 2 aromatic rings. The van der Waals surface area contributed by atoms with Gasteiger partial charge < -0.3 is 16.0 Å². The van der Waals surface area contributed by atoms with Gasteiger partial charge in [0.05, 0.1) is 6.04 Å². The molecular weight excluding hydrogens is 304 g/mol. The van der Waals surface area contributed by atoms with E-state index in [4.69, 9.17) is 0 Å². The average molecular weight is 321 g/mol. The van der Waals surface area contributed by atoms with Crippen LogP contribution in [-0.4, -0.2) is 29.1 Å². The Morgan fingerprint density at radius 3 is 2.65 bits per heavy atom. The lowest BCUT2D eigenvalue weighted by atomic mass is 10.1. The zero-order valence-corrected chi connectivity index (χ0v) is 12.5. The Kier molecular flexibility index (Phi) is 5.79. The second kappa shape index (κ2) is 8.02. The molecule has 122 valence electrons. The minimum atomic E-state index is -0.694. The first-order valence-corrected chi connectivity index (χ1v) is 7.06. The monoisotopic (exact) mass is 321 g/mol. The minimum absolute atomic E-state index is 0.220. The van der Waals surface area contributed by atoms with E-state index in [0.717, 1.165) is 12.1 Å². The summed E-state index contributed by atoms with van der Waals surface area (Å²) in [5, 5.41) is 8.14. The minimum Gasteiger partial charge on any atom is -0.352 e.